The van der Waals surface area contributed by atoms with Crippen LogP contribution in [0.3, 0.4) is 0 Å². The summed E-state index contributed by atoms with van der Waals surface area (Å²) in [5, 5.41) is 0. The van der Waals surface area contributed by atoms with Crippen molar-refractivity contribution in [3.05, 3.63) is 34.8 Å². The monoisotopic (exact) mass is 292 g/mol. The van der Waals surface area contributed by atoms with Crippen LogP contribution in [0.1, 0.15) is 6.92 Å². The molecule has 0 N–H and O–H groups in total. The van der Waals surface area contributed by atoms with E-state index in [2.05, 4.69) is 0 Å². The standard InChI is InChI=1S/C15H20N2O4/c1-11(14(18)20-3)10-16(2)8-9-17-12-6-4-5-7-13(12)21-15(17)19/h4-7,11H,8-10H2,1-3H3. The molecule has 21 heavy (non-hydrogen) atoms. The minimum Gasteiger partial charge on any atom is -0.469 e. The van der Waals surface area contributed by atoms with Crippen LogP contribution in [0.4, 0.5) is 0 Å². The number of methoxy groups -OCH3 is 1. The van der Waals surface area contributed by atoms with Crippen LogP contribution in [0.2, 0.25) is 0 Å². The Bertz CT molecular complexity index is 674. The van der Waals surface area contributed by atoms with Crippen LogP contribution in [-0.2, 0) is 16.1 Å². The van der Waals surface area contributed by atoms with Gasteiger partial charge >= 0.3 is 11.7 Å². The SMILES string of the molecule is COC(=O)C(C)CN(C)CCn1c(=O)oc2ccccc21. The first-order valence-corrected chi connectivity index (χ1v) is 6.87. The molecule has 2 rings (SSSR count). The highest BCUT2D eigenvalue weighted by atomic mass is 16.5. The van der Waals surface area contributed by atoms with E-state index < -0.39 is 0 Å². The van der Waals surface area contributed by atoms with Crippen molar-refractivity contribution in [2.75, 3.05) is 27.2 Å². The third-order valence-electron chi connectivity index (χ3n) is 3.47. The smallest absolute Gasteiger partial charge is 0.419 e. The van der Waals surface area contributed by atoms with E-state index in [-0.39, 0.29) is 17.6 Å². The lowest BCUT2D eigenvalue weighted by atomic mass is 10.2. The van der Waals surface area contributed by atoms with Gasteiger partial charge in [0.05, 0.1) is 18.5 Å². The molecule has 0 aliphatic rings. The Morgan fingerprint density at radius 2 is 2.14 bits per heavy atom. The highest BCUT2D eigenvalue weighted by Gasteiger charge is 2.16. The van der Waals surface area contributed by atoms with E-state index in [4.69, 9.17) is 9.15 Å². The van der Waals surface area contributed by atoms with Gasteiger partial charge in [0.2, 0.25) is 0 Å². The van der Waals surface area contributed by atoms with E-state index in [1.54, 1.807) is 10.6 Å². The van der Waals surface area contributed by atoms with E-state index in [0.717, 1.165) is 5.52 Å². The molecule has 0 radical (unpaired) electrons. The van der Waals surface area contributed by atoms with Crippen LogP contribution in [-0.4, -0.2) is 42.7 Å². The number of esters is 1. The molecule has 1 unspecified atom stereocenters. The molecule has 0 aliphatic carbocycles. The predicted molar refractivity (Wildman–Crippen MR) is 79.2 cm³/mol. The number of carbonyl (C=O) groups excluding carboxylic acids is 1. The van der Waals surface area contributed by atoms with Crippen molar-refractivity contribution in [1.82, 2.24) is 9.47 Å². The van der Waals surface area contributed by atoms with E-state index >= 15 is 0 Å². The molecule has 114 valence electrons. The fourth-order valence-electron chi connectivity index (χ4n) is 2.33. The van der Waals surface area contributed by atoms with Crippen LogP contribution in [0.25, 0.3) is 11.1 Å². The van der Waals surface area contributed by atoms with Gasteiger partial charge in [-0.1, -0.05) is 19.1 Å². The minimum absolute atomic E-state index is 0.196. The predicted octanol–water partition coefficient (Wildman–Crippen LogP) is 1.34. The molecule has 0 aliphatic heterocycles. The number of ether oxygens (including phenoxy) is 1. The molecule has 0 saturated heterocycles. The lowest BCUT2D eigenvalue weighted by Gasteiger charge is -2.19. The molecule has 0 spiro atoms. The van der Waals surface area contributed by atoms with Crippen LogP contribution in [0.15, 0.2) is 33.5 Å². The molecule has 0 fully saturated rings. The van der Waals surface area contributed by atoms with Crippen LogP contribution < -0.4 is 5.76 Å². The molecule has 0 saturated carbocycles. The Balaban J connectivity index is 2.00. The van der Waals surface area contributed by atoms with Crippen molar-refractivity contribution in [2.24, 2.45) is 5.92 Å². The fourth-order valence-corrected chi connectivity index (χ4v) is 2.33. The van der Waals surface area contributed by atoms with Crippen molar-refractivity contribution >= 4 is 17.1 Å². The summed E-state index contributed by atoms with van der Waals surface area (Å²) in [4.78, 5) is 25.2. The Kier molecular flexibility index (Phi) is 4.80. The van der Waals surface area contributed by atoms with Gasteiger partial charge < -0.3 is 14.1 Å². The van der Waals surface area contributed by atoms with Crippen molar-refractivity contribution in [3.8, 4) is 0 Å². The van der Waals surface area contributed by atoms with Gasteiger partial charge in [-0.2, -0.15) is 0 Å². The second-order valence-corrected chi connectivity index (χ2v) is 5.17. The zero-order chi connectivity index (χ0) is 15.4. The quantitative estimate of drug-likeness (QED) is 0.752. The summed E-state index contributed by atoms with van der Waals surface area (Å²) < 4.78 is 11.5. The number of para-hydroxylation sites is 2. The molecule has 1 aromatic heterocycles. The highest BCUT2D eigenvalue weighted by Crippen LogP contribution is 2.11. The lowest BCUT2D eigenvalue weighted by molar-refractivity contribution is -0.145. The third kappa shape index (κ3) is 3.52. The molecule has 2 aromatic rings. The van der Waals surface area contributed by atoms with E-state index in [0.29, 0.717) is 25.2 Å². The van der Waals surface area contributed by atoms with Crippen molar-refractivity contribution in [1.29, 1.82) is 0 Å². The normalized spacial score (nSPS) is 12.8. The van der Waals surface area contributed by atoms with E-state index in [1.165, 1.54) is 7.11 Å². The minimum atomic E-state index is -0.356. The highest BCUT2D eigenvalue weighted by molar-refractivity contribution is 5.72. The average molecular weight is 292 g/mol. The first kappa shape index (κ1) is 15.3. The molecular weight excluding hydrogens is 272 g/mol. The third-order valence-corrected chi connectivity index (χ3v) is 3.47. The summed E-state index contributed by atoms with van der Waals surface area (Å²) in [5.41, 5.74) is 1.38. The van der Waals surface area contributed by atoms with Crippen molar-refractivity contribution < 1.29 is 13.9 Å². The molecule has 6 heteroatoms. The summed E-state index contributed by atoms with van der Waals surface area (Å²) >= 11 is 0. The first-order chi connectivity index (χ1) is 10.0. The number of likely N-dealkylation sites (N-methyl/N-ethyl adjacent to an activating group) is 1. The van der Waals surface area contributed by atoms with Gasteiger partial charge in [-0.3, -0.25) is 9.36 Å². The van der Waals surface area contributed by atoms with E-state index in [1.807, 2.05) is 37.1 Å². The van der Waals surface area contributed by atoms with Gasteiger partial charge in [0, 0.05) is 19.6 Å². The Morgan fingerprint density at radius 3 is 2.86 bits per heavy atom. The van der Waals surface area contributed by atoms with E-state index in [9.17, 15) is 9.59 Å². The molecular formula is C15H20N2O4. The molecule has 1 aromatic carbocycles. The number of hydrogen-bond donors (Lipinski definition) is 0. The molecule has 1 atom stereocenters. The van der Waals surface area contributed by atoms with Gasteiger partial charge in [0.1, 0.15) is 0 Å². The summed E-state index contributed by atoms with van der Waals surface area (Å²) in [7, 11) is 3.29. The van der Waals surface area contributed by atoms with Gasteiger partial charge in [0.25, 0.3) is 0 Å². The first-order valence-electron chi connectivity index (χ1n) is 6.87. The Hall–Kier alpha value is -2.08. The number of fused-ring (bicyclic) bond motifs is 1. The second kappa shape index (κ2) is 6.58. The maximum absolute atomic E-state index is 11.8. The molecule has 1 heterocycles. The van der Waals surface area contributed by atoms with Crippen LogP contribution in [0.5, 0.6) is 0 Å². The zero-order valence-corrected chi connectivity index (χ0v) is 12.5. The number of aromatic nitrogens is 1. The maximum atomic E-state index is 11.8. The number of carbonyl (C=O) groups is 1. The van der Waals surface area contributed by atoms with Crippen molar-refractivity contribution in [2.45, 2.75) is 13.5 Å². The van der Waals surface area contributed by atoms with Crippen LogP contribution in [0, 0.1) is 5.92 Å². The van der Waals surface area contributed by atoms with Gasteiger partial charge in [-0.15, -0.1) is 0 Å². The fraction of sp³-hybridized carbons (Fsp3) is 0.467. The number of hydrogen-bond acceptors (Lipinski definition) is 5. The molecule has 6 nitrogen and oxygen atoms in total. The summed E-state index contributed by atoms with van der Waals surface area (Å²) in [6, 6.07) is 7.34. The molecule has 0 amide bonds. The van der Waals surface area contributed by atoms with Gasteiger partial charge in [-0.05, 0) is 19.2 Å². The maximum Gasteiger partial charge on any atom is 0.419 e. The van der Waals surface area contributed by atoms with Gasteiger partial charge in [-0.25, -0.2) is 4.79 Å². The largest absolute Gasteiger partial charge is 0.469 e. The zero-order valence-electron chi connectivity index (χ0n) is 12.5. The second-order valence-electron chi connectivity index (χ2n) is 5.17. The number of oxazole rings is 1. The number of rotatable bonds is 6. The number of benzene rings is 1. The lowest BCUT2D eigenvalue weighted by Crippen LogP contribution is -2.32. The number of nitrogens with zero attached hydrogens (tertiary/aromatic N) is 2. The van der Waals surface area contributed by atoms with Crippen LogP contribution >= 0.6 is 0 Å². The Labute approximate surface area is 122 Å². The summed E-state index contributed by atoms with van der Waals surface area (Å²) in [5.74, 6) is -0.781. The Morgan fingerprint density at radius 1 is 1.43 bits per heavy atom. The summed E-state index contributed by atoms with van der Waals surface area (Å²) in [6.45, 7) is 3.56. The molecule has 0 bridgehead atoms. The average Bonchev–Trinajstić information content (AvgIpc) is 2.79. The van der Waals surface area contributed by atoms with Crippen molar-refractivity contribution in [3.63, 3.8) is 0 Å². The van der Waals surface area contributed by atoms with Gasteiger partial charge in [0.15, 0.2) is 5.58 Å². The summed E-state index contributed by atoms with van der Waals surface area (Å²) in [6.07, 6.45) is 0. The topological polar surface area (TPSA) is 64.7 Å².